The molecule has 0 saturated heterocycles. The number of esters is 1. The lowest BCUT2D eigenvalue weighted by atomic mass is 10.1. The van der Waals surface area contributed by atoms with E-state index in [1.165, 1.54) is 10.5 Å². The van der Waals surface area contributed by atoms with Gasteiger partial charge in [-0.15, -0.1) is 0 Å². The lowest BCUT2D eigenvalue weighted by Gasteiger charge is -2.07. The number of nitrogens with one attached hydrogen (secondary N) is 1. The minimum Gasteiger partial charge on any atom is -0.427 e. The Bertz CT molecular complexity index is 865. The second kappa shape index (κ2) is 8.06. The highest BCUT2D eigenvalue weighted by molar-refractivity contribution is 14.1. The second-order valence-electron chi connectivity index (χ2n) is 5.42. The van der Waals surface area contributed by atoms with Crippen molar-refractivity contribution in [1.29, 1.82) is 0 Å². The van der Waals surface area contributed by atoms with Gasteiger partial charge in [0.1, 0.15) is 5.75 Å². The third-order valence-electron chi connectivity index (χ3n) is 3.38. The topological polar surface area (TPSA) is 64.1 Å². The van der Waals surface area contributed by atoms with Gasteiger partial charge in [0.15, 0.2) is 0 Å². The van der Waals surface area contributed by atoms with E-state index in [0.717, 1.165) is 16.9 Å². The first kappa shape index (κ1) is 17.3. The molecular formula is C19H16IN3O2. The van der Waals surface area contributed by atoms with Crippen LogP contribution < -0.4 is 10.1 Å². The Hall–Kier alpha value is -2.48. The minimum atomic E-state index is -0.324. The zero-order valence-corrected chi connectivity index (χ0v) is 15.7. The molecule has 0 atom stereocenters. The molecule has 25 heavy (non-hydrogen) atoms. The predicted octanol–water partition coefficient (Wildman–Crippen LogP) is 4.34. The fourth-order valence-electron chi connectivity index (χ4n) is 2.27. The molecule has 126 valence electrons. The number of nitrogens with zero attached hydrogens (tertiary/aromatic N) is 2. The number of anilines is 2. The summed E-state index contributed by atoms with van der Waals surface area (Å²) < 4.78 is 6.21. The Labute approximate surface area is 159 Å². The number of hydrogen-bond donors (Lipinski definition) is 1. The number of benzene rings is 2. The highest BCUT2D eigenvalue weighted by Gasteiger charge is 2.03. The Balaban J connectivity index is 1.68. The third-order valence-corrected chi connectivity index (χ3v) is 4.10. The lowest BCUT2D eigenvalue weighted by Crippen LogP contribution is -2.02. The second-order valence-corrected chi connectivity index (χ2v) is 6.66. The van der Waals surface area contributed by atoms with Crippen LogP contribution >= 0.6 is 22.6 Å². The van der Waals surface area contributed by atoms with Crippen LogP contribution in [-0.4, -0.2) is 15.9 Å². The van der Waals surface area contributed by atoms with Crippen molar-refractivity contribution >= 4 is 40.2 Å². The summed E-state index contributed by atoms with van der Waals surface area (Å²) in [6.45, 7) is 1.39. The van der Waals surface area contributed by atoms with Gasteiger partial charge in [0.25, 0.3) is 0 Å². The molecular weight excluding hydrogens is 429 g/mol. The maximum atomic E-state index is 10.9. The molecule has 0 saturated carbocycles. The maximum absolute atomic E-state index is 10.9. The van der Waals surface area contributed by atoms with Gasteiger partial charge in [-0.1, -0.05) is 12.1 Å². The van der Waals surface area contributed by atoms with E-state index in [2.05, 4.69) is 37.9 Å². The van der Waals surface area contributed by atoms with Crippen LogP contribution in [0.5, 0.6) is 5.75 Å². The van der Waals surface area contributed by atoms with Crippen LogP contribution in [0.4, 0.5) is 11.6 Å². The van der Waals surface area contributed by atoms with E-state index in [0.29, 0.717) is 18.1 Å². The molecule has 1 N–H and O–H groups in total. The highest BCUT2D eigenvalue weighted by Crippen LogP contribution is 2.17. The molecule has 0 spiro atoms. The number of aromatic nitrogens is 2. The van der Waals surface area contributed by atoms with Crippen molar-refractivity contribution in [3.8, 4) is 5.75 Å². The van der Waals surface area contributed by atoms with Crippen LogP contribution in [0.2, 0.25) is 0 Å². The molecule has 0 unspecified atom stereocenters. The molecule has 0 aliphatic rings. The molecule has 5 nitrogen and oxygen atoms in total. The molecule has 0 bridgehead atoms. The maximum Gasteiger partial charge on any atom is 0.308 e. The van der Waals surface area contributed by atoms with Crippen molar-refractivity contribution in [2.24, 2.45) is 0 Å². The van der Waals surface area contributed by atoms with Gasteiger partial charge in [0.2, 0.25) is 5.95 Å². The number of ether oxygens (including phenoxy) is 1. The molecule has 3 rings (SSSR count). The molecule has 6 heteroatoms. The largest absolute Gasteiger partial charge is 0.427 e. The molecule has 0 aliphatic heterocycles. The third kappa shape index (κ3) is 5.25. The monoisotopic (exact) mass is 445 g/mol. The molecule has 0 fully saturated rings. The number of halogens is 1. The quantitative estimate of drug-likeness (QED) is 0.360. The van der Waals surface area contributed by atoms with Crippen LogP contribution in [0.25, 0.3) is 0 Å². The summed E-state index contributed by atoms with van der Waals surface area (Å²) in [5.41, 5.74) is 2.93. The Morgan fingerprint density at radius 3 is 2.48 bits per heavy atom. The van der Waals surface area contributed by atoms with Gasteiger partial charge in [-0.25, -0.2) is 9.97 Å². The molecule has 0 amide bonds. The minimum absolute atomic E-state index is 0.324. The summed E-state index contributed by atoms with van der Waals surface area (Å²) >= 11 is 2.27. The molecule has 1 aromatic heterocycles. The zero-order chi connectivity index (χ0) is 17.6. The SMILES string of the molecule is CC(=O)Oc1ccc(Cc2ccnc(Nc3ccc(I)cc3)n2)cc1. The van der Waals surface area contributed by atoms with E-state index in [9.17, 15) is 4.79 Å². The summed E-state index contributed by atoms with van der Waals surface area (Å²) in [6.07, 6.45) is 2.41. The smallest absolute Gasteiger partial charge is 0.308 e. The first-order chi connectivity index (χ1) is 12.1. The van der Waals surface area contributed by atoms with Gasteiger partial charge in [-0.2, -0.15) is 0 Å². The average molecular weight is 445 g/mol. The fourth-order valence-corrected chi connectivity index (χ4v) is 2.63. The normalized spacial score (nSPS) is 10.3. The standard InChI is InChI=1S/C19H16IN3O2/c1-13(24)25-18-8-2-14(3-9-18)12-17-10-11-21-19(23-17)22-16-6-4-15(20)5-7-16/h2-11H,12H2,1H3,(H,21,22,23). The van der Waals surface area contributed by atoms with Crippen LogP contribution in [0, 0.1) is 3.57 Å². The van der Waals surface area contributed by atoms with E-state index in [-0.39, 0.29) is 5.97 Å². The fraction of sp³-hybridized carbons (Fsp3) is 0.105. The van der Waals surface area contributed by atoms with E-state index in [1.807, 2.05) is 42.5 Å². The molecule has 1 heterocycles. The van der Waals surface area contributed by atoms with Gasteiger partial charge < -0.3 is 10.1 Å². The Kier molecular flexibility index (Phi) is 5.60. The summed E-state index contributed by atoms with van der Waals surface area (Å²) in [5, 5.41) is 3.20. The van der Waals surface area contributed by atoms with Gasteiger partial charge in [-0.3, -0.25) is 4.79 Å². The zero-order valence-electron chi connectivity index (χ0n) is 13.6. The summed E-state index contributed by atoms with van der Waals surface area (Å²) in [6, 6.07) is 17.3. The van der Waals surface area contributed by atoms with Gasteiger partial charge in [0.05, 0.1) is 5.69 Å². The van der Waals surface area contributed by atoms with Crippen molar-refractivity contribution in [2.75, 3.05) is 5.32 Å². The van der Waals surface area contributed by atoms with Crippen LogP contribution in [-0.2, 0) is 11.2 Å². The average Bonchev–Trinajstić information content (AvgIpc) is 2.59. The van der Waals surface area contributed by atoms with Gasteiger partial charge in [0, 0.05) is 28.8 Å². The highest BCUT2D eigenvalue weighted by atomic mass is 127. The van der Waals surface area contributed by atoms with Gasteiger partial charge >= 0.3 is 5.97 Å². The summed E-state index contributed by atoms with van der Waals surface area (Å²) in [5.74, 6) is 0.783. The van der Waals surface area contributed by atoms with E-state index in [4.69, 9.17) is 4.74 Å². The Morgan fingerprint density at radius 1 is 1.08 bits per heavy atom. The van der Waals surface area contributed by atoms with Crippen molar-refractivity contribution in [1.82, 2.24) is 9.97 Å². The number of rotatable bonds is 5. The lowest BCUT2D eigenvalue weighted by molar-refractivity contribution is -0.131. The van der Waals surface area contributed by atoms with Crippen LogP contribution in [0.1, 0.15) is 18.2 Å². The van der Waals surface area contributed by atoms with Crippen molar-refractivity contribution in [3.05, 3.63) is 75.6 Å². The number of carbonyl (C=O) groups excluding carboxylic acids is 1. The van der Waals surface area contributed by atoms with Gasteiger partial charge in [-0.05, 0) is 70.6 Å². The van der Waals surface area contributed by atoms with E-state index >= 15 is 0 Å². The molecule has 2 aromatic carbocycles. The van der Waals surface area contributed by atoms with E-state index < -0.39 is 0 Å². The first-order valence-corrected chi connectivity index (χ1v) is 8.78. The van der Waals surface area contributed by atoms with Crippen molar-refractivity contribution in [3.63, 3.8) is 0 Å². The van der Waals surface area contributed by atoms with Crippen molar-refractivity contribution in [2.45, 2.75) is 13.3 Å². The Morgan fingerprint density at radius 2 is 1.80 bits per heavy atom. The summed E-state index contributed by atoms with van der Waals surface area (Å²) in [7, 11) is 0. The molecule has 0 radical (unpaired) electrons. The molecule has 3 aromatic rings. The predicted molar refractivity (Wildman–Crippen MR) is 105 cm³/mol. The number of carbonyl (C=O) groups is 1. The van der Waals surface area contributed by atoms with E-state index in [1.54, 1.807) is 18.3 Å². The first-order valence-electron chi connectivity index (χ1n) is 7.70. The van der Waals surface area contributed by atoms with Crippen LogP contribution in [0.3, 0.4) is 0 Å². The van der Waals surface area contributed by atoms with Crippen LogP contribution in [0.15, 0.2) is 60.8 Å². The molecule has 0 aliphatic carbocycles. The number of hydrogen-bond acceptors (Lipinski definition) is 5. The summed E-state index contributed by atoms with van der Waals surface area (Å²) in [4.78, 5) is 19.8. The van der Waals surface area contributed by atoms with Crippen molar-refractivity contribution < 1.29 is 9.53 Å².